The van der Waals surface area contributed by atoms with Gasteiger partial charge in [0.05, 0.1) is 24.2 Å². The Bertz CT molecular complexity index is 1070. The molecule has 0 aromatic heterocycles. The lowest BCUT2D eigenvalue weighted by Crippen LogP contribution is -2.49. The average Bonchev–Trinajstić information content (AvgIpc) is 3.37. The van der Waals surface area contributed by atoms with Gasteiger partial charge in [0.2, 0.25) is 5.91 Å². The predicted octanol–water partition coefficient (Wildman–Crippen LogP) is 3.93. The first-order valence-electron chi connectivity index (χ1n) is 11.3. The van der Waals surface area contributed by atoms with E-state index in [0.717, 1.165) is 0 Å². The molecule has 174 valence electrons. The molecule has 2 amide bonds. The Labute approximate surface area is 191 Å². The van der Waals surface area contributed by atoms with Crippen LogP contribution in [0.5, 0.6) is 0 Å². The largest absolute Gasteiger partial charge is 0.439 e. The number of benzene rings is 2. The van der Waals surface area contributed by atoms with Crippen LogP contribution in [0.2, 0.25) is 0 Å². The summed E-state index contributed by atoms with van der Waals surface area (Å²) in [6, 6.07) is 12.4. The van der Waals surface area contributed by atoms with Gasteiger partial charge in [0.25, 0.3) is 0 Å². The maximum atomic E-state index is 14.4. The number of ether oxygens (including phenoxy) is 2. The van der Waals surface area contributed by atoms with E-state index in [0.29, 0.717) is 56.7 Å². The van der Waals surface area contributed by atoms with Crippen molar-refractivity contribution in [1.29, 1.82) is 0 Å². The van der Waals surface area contributed by atoms with E-state index in [4.69, 9.17) is 9.47 Å². The number of halogens is 2. The SMILES string of the molecule is O=C1OC2(CCN(C(=O)C3(Cc4ccccc4F)CCOCC3)C2)CN1c1cccc(F)c1. The van der Waals surface area contributed by atoms with E-state index in [-0.39, 0.29) is 24.8 Å². The molecule has 3 saturated heterocycles. The van der Waals surface area contributed by atoms with Gasteiger partial charge in [-0.15, -0.1) is 0 Å². The highest BCUT2D eigenvalue weighted by Gasteiger charge is 2.53. The third-order valence-corrected chi connectivity index (χ3v) is 7.08. The van der Waals surface area contributed by atoms with Crippen molar-refractivity contribution in [3.8, 4) is 0 Å². The summed E-state index contributed by atoms with van der Waals surface area (Å²) in [4.78, 5) is 29.5. The normalized spacial score (nSPS) is 24.4. The van der Waals surface area contributed by atoms with Gasteiger partial charge in [0.1, 0.15) is 11.6 Å². The minimum atomic E-state index is -0.830. The molecule has 0 aliphatic carbocycles. The van der Waals surface area contributed by atoms with Crippen LogP contribution in [0, 0.1) is 17.0 Å². The monoisotopic (exact) mass is 456 g/mol. The van der Waals surface area contributed by atoms with Gasteiger partial charge in [0.15, 0.2) is 5.60 Å². The van der Waals surface area contributed by atoms with Gasteiger partial charge in [0, 0.05) is 26.2 Å². The quantitative estimate of drug-likeness (QED) is 0.700. The molecule has 1 atom stereocenters. The first kappa shape index (κ1) is 21.8. The number of rotatable bonds is 4. The summed E-state index contributed by atoms with van der Waals surface area (Å²) in [7, 11) is 0. The maximum absolute atomic E-state index is 14.4. The topological polar surface area (TPSA) is 59.1 Å². The van der Waals surface area contributed by atoms with Crippen molar-refractivity contribution in [3.05, 3.63) is 65.7 Å². The summed E-state index contributed by atoms with van der Waals surface area (Å²) in [6.45, 7) is 1.86. The Balaban J connectivity index is 1.35. The van der Waals surface area contributed by atoms with E-state index < -0.39 is 22.9 Å². The number of amides is 2. The summed E-state index contributed by atoms with van der Waals surface area (Å²) in [5.41, 5.74) is -0.631. The van der Waals surface area contributed by atoms with Gasteiger partial charge in [-0.2, -0.15) is 0 Å². The molecule has 1 unspecified atom stereocenters. The van der Waals surface area contributed by atoms with Crippen molar-refractivity contribution in [2.45, 2.75) is 31.3 Å². The standard InChI is InChI=1S/C25H26F2N2O4/c26-19-5-3-6-20(14-19)29-17-25(33-23(29)31)8-11-28(16-25)22(30)24(9-12-32-13-10-24)15-18-4-1-2-7-21(18)27/h1-7,14H,8-13,15-17H2. The van der Waals surface area contributed by atoms with Crippen molar-refractivity contribution in [1.82, 2.24) is 4.90 Å². The highest BCUT2D eigenvalue weighted by Crippen LogP contribution is 2.41. The summed E-state index contributed by atoms with van der Waals surface area (Å²) >= 11 is 0. The van der Waals surface area contributed by atoms with Crippen LogP contribution in [0.15, 0.2) is 48.5 Å². The molecule has 8 heteroatoms. The number of nitrogens with zero attached hydrogens (tertiary/aromatic N) is 2. The average molecular weight is 456 g/mol. The Morgan fingerprint density at radius 1 is 1.00 bits per heavy atom. The zero-order chi connectivity index (χ0) is 23.1. The van der Waals surface area contributed by atoms with E-state index >= 15 is 0 Å². The van der Waals surface area contributed by atoms with Crippen LogP contribution >= 0.6 is 0 Å². The Kier molecular flexibility index (Phi) is 5.56. The van der Waals surface area contributed by atoms with E-state index in [1.54, 1.807) is 35.2 Å². The fraction of sp³-hybridized carbons (Fsp3) is 0.440. The van der Waals surface area contributed by atoms with Crippen molar-refractivity contribution >= 4 is 17.7 Å². The fourth-order valence-corrected chi connectivity index (χ4v) is 5.27. The highest BCUT2D eigenvalue weighted by atomic mass is 19.1. The molecule has 0 N–H and O–H groups in total. The zero-order valence-electron chi connectivity index (χ0n) is 18.3. The predicted molar refractivity (Wildman–Crippen MR) is 117 cm³/mol. The molecule has 1 spiro atoms. The first-order chi connectivity index (χ1) is 15.9. The van der Waals surface area contributed by atoms with Gasteiger partial charge >= 0.3 is 6.09 Å². The Morgan fingerprint density at radius 2 is 1.79 bits per heavy atom. The minimum absolute atomic E-state index is 0.0498. The molecule has 33 heavy (non-hydrogen) atoms. The second kappa shape index (κ2) is 8.41. The number of hydrogen-bond acceptors (Lipinski definition) is 4. The van der Waals surface area contributed by atoms with Gasteiger partial charge in [-0.3, -0.25) is 9.69 Å². The first-order valence-corrected chi connectivity index (χ1v) is 11.3. The summed E-state index contributed by atoms with van der Waals surface area (Å²) in [6.07, 6.45) is 1.29. The summed E-state index contributed by atoms with van der Waals surface area (Å²) in [5.74, 6) is -0.797. The number of anilines is 1. The van der Waals surface area contributed by atoms with Crippen LogP contribution in [0.3, 0.4) is 0 Å². The molecule has 3 heterocycles. The molecule has 0 saturated carbocycles. The number of carbonyl (C=O) groups is 2. The second-order valence-corrected chi connectivity index (χ2v) is 9.25. The van der Waals surface area contributed by atoms with E-state index in [9.17, 15) is 18.4 Å². The second-order valence-electron chi connectivity index (χ2n) is 9.25. The summed E-state index contributed by atoms with van der Waals surface area (Å²) < 4.78 is 39.4. The van der Waals surface area contributed by atoms with Crippen LogP contribution in [-0.4, -0.2) is 55.3 Å². The highest BCUT2D eigenvalue weighted by molar-refractivity contribution is 5.91. The third-order valence-electron chi connectivity index (χ3n) is 7.08. The fourth-order valence-electron chi connectivity index (χ4n) is 5.27. The number of hydrogen-bond donors (Lipinski definition) is 0. The Hall–Kier alpha value is -3.00. The van der Waals surface area contributed by atoms with Gasteiger partial charge in [-0.05, 0) is 49.1 Å². The van der Waals surface area contributed by atoms with E-state index in [1.807, 2.05) is 0 Å². The zero-order valence-corrected chi connectivity index (χ0v) is 18.3. The lowest BCUT2D eigenvalue weighted by atomic mass is 9.74. The molecule has 6 nitrogen and oxygen atoms in total. The molecular weight excluding hydrogens is 430 g/mol. The molecular formula is C25H26F2N2O4. The van der Waals surface area contributed by atoms with Crippen molar-refractivity contribution < 1.29 is 27.8 Å². The van der Waals surface area contributed by atoms with E-state index in [2.05, 4.69) is 0 Å². The van der Waals surface area contributed by atoms with Crippen molar-refractivity contribution in [2.24, 2.45) is 5.41 Å². The molecule has 3 aliphatic rings. The third kappa shape index (κ3) is 4.08. The van der Waals surface area contributed by atoms with Gasteiger partial charge < -0.3 is 14.4 Å². The van der Waals surface area contributed by atoms with Crippen molar-refractivity contribution in [3.63, 3.8) is 0 Å². The molecule has 5 rings (SSSR count). The maximum Gasteiger partial charge on any atom is 0.415 e. The van der Waals surface area contributed by atoms with Crippen LogP contribution < -0.4 is 4.90 Å². The Morgan fingerprint density at radius 3 is 2.55 bits per heavy atom. The van der Waals surface area contributed by atoms with Crippen LogP contribution in [0.4, 0.5) is 19.3 Å². The number of carbonyl (C=O) groups excluding carboxylic acids is 2. The minimum Gasteiger partial charge on any atom is -0.439 e. The molecule has 2 aromatic rings. The van der Waals surface area contributed by atoms with Crippen LogP contribution in [0.25, 0.3) is 0 Å². The van der Waals surface area contributed by atoms with Crippen molar-refractivity contribution in [2.75, 3.05) is 37.7 Å². The molecule has 3 aliphatic heterocycles. The van der Waals surface area contributed by atoms with Gasteiger partial charge in [-0.1, -0.05) is 24.3 Å². The summed E-state index contributed by atoms with van der Waals surface area (Å²) in [5, 5.41) is 0. The van der Waals surface area contributed by atoms with Gasteiger partial charge in [-0.25, -0.2) is 13.6 Å². The van der Waals surface area contributed by atoms with Crippen LogP contribution in [0.1, 0.15) is 24.8 Å². The smallest absolute Gasteiger partial charge is 0.415 e. The lowest BCUT2D eigenvalue weighted by molar-refractivity contribution is -0.147. The molecule has 3 fully saturated rings. The molecule has 2 aromatic carbocycles. The van der Waals surface area contributed by atoms with Crippen LogP contribution in [-0.2, 0) is 20.7 Å². The molecule has 0 radical (unpaired) electrons. The lowest BCUT2D eigenvalue weighted by Gasteiger charge is -2.39. The number of likely N-dealkylation sites (tertiary alicyclic amines) is 1. The van der Waals surface area contributed by atoms with E-state index in [1.165, 1.54) is 23.1 Å². The molecule has 0 bridgehead atoms.